The van der Waals surface area contributed by atoms with E-state index in [0.717, 1.165) is 59.5 Å². The number of carbonyl (C=O) groups is 1. The monoisotopic (exact) mass is 428 g/mol. The third-order valence-electron chi connectivity index (χ3n) is 7.66. The molecule has 3 atom stereocenters. The van der Waals surface area contributed by atoms with Crippen LogP contribution in [-0.2, 0) is 9.53 Å². The standard InChI is InChI=1S/C29H48O2/c1-20(2)12-9-13-21(3)14-10-15-22(4)16-11-18-29(8)19-17-26-25(7)27(30)23(5)24(6)28(26)31-29/h20-22H,5,9-19H2,1-4,6-8H3/t21-,22-,29-/m1/s1. The fourth-order valence-corrected chi connectivity index (χ4v) is 5.17. The lowest BCUT2D eigenvalue weighted by molar-refractivity contribution is -0.112. The van der Waals surface area contributed by atoms with Crippen molar-refractivity contribution in [3.63, 3.8) is 0 Å². The molecule has 0 aromatic carbocycles. The lowest BCUT2D eigenvalue weighted by atomic mass is 9.79. The highest BCUT2D eigenvalue weighted by atomic mass is 16.5. The third kappa shape index (κ3) is 7.36. The van der Waals surface area contributed by atoms with Crippen molar-refractivity contribution in [3.05, 3.63) is 34.6 Å². The minimum atomic E-state index is -0.119. The Bertz CT molecular complexity index is 708. The van der Waals surface area contributed by atoms with Crippen LogP contribution in [0.4, 0.5) is 0 Å². The summed E-state index contributed by atoms with van der Waals surface area (Å²) in [6.45, 7) is 19.7. The van der Waals surface area contributed by atoms with Crippen LogP contribution in [0.25, 0.3) is 0 Å². The molecule has 31 heavy (non-hydrogen) atoms. The van der Waals surface area contributed by atoms with Crippen LogP contribution in [0.15, 0.2) is 34.6 Å². The minimum absolute atomic E-state index is 0.0894. The Morgan fingerprint density at radius 2 is 1.45 bits per heavy atom. The van der Waals surface area contributed by atoms with Gasteiger partial charge < -0.3 is 4.74 Å². The van der Waals surface area contributed by atoms with Gasteiger partial charge in [-0.3, -0.25) is 4.79 Å². The molecule has 2 aliphatic rings. The van der Waals surface area contributed by atoms with Crippen LogP contribution >= 0.6 is 0 Å². The Hall–Kier alpha value is -1.31. The van der Waals surface area contributed by atoms with Gasteiger partial charge in [-0.2, -0.15) is 0 Å². The molecule has 2 heteroatoms. The van der Waals surface area contributed by atoms with Crippen molar-refractivity contribution in [2.45, 2.75) is 125 Å². The smallest absolute Gasteiger partial charge is 0.188 e. The zero-order chi connectivity index (χ0) is 23.2. The predicted molar refractivity (Wildman–Crippen MR) is 133 cm³/mol. The average Bonchev–Trinajstić information content (AvgIpc) is 2.70. The number of carbonyl (C=O) groups excluding carboxylic acids is 1. The molecule has 0 N–H and O–H groups in total. The summed E-state index contributed by atoms with van der Waals surface area (Å²) in [5.74, 6) is 3.54. The van der Waals surface area contributed by atoms with Gasteiger partial charge in [-0.15, -0.1) is 0 Å². The Balaban J connectivity index is 1.72. The second kappa shape index (κ2) is 11.5. The van der Waals surface area contributed by atoms with E-state index >= 15 is 0 Å². The summed E-state index contributed by atoms with van der Waals surface area (Å²) >= 11 is 0. The molecule has 1 saturated heterocycles. The number of ketones is 1. The number of ether oxygens (including phenoxy) is 1. The molecule has 1 aliphatic carbocycles. The molecular formula is C29H48O2. The fraction of sp³-hybridized carbons (Fsp3) is 0.759. The molecule has 176 valence electrons. The summed E-state index contributed by atoms with van der Waals surface area (Å²) in [7, 11) is 0. The quantitative estimate of drug-likeness (QED) is 0.290. The SMILES string of the molecule is C=C1C(=O)C(C)=C2CC[C@@](C)(CCC[C@H](C)CCC[C@H](C)CCCC(C)C)OC2=C1C. The molecule has 0 aromatic rings. The number of hydrogen-bond donors (Lipinski definition) is 0. The van der Waals surface area contributed by atoms with E-state index in [0.29, 0.717) is 5.57 Å². The molecule has 2 nitrogen and oxygen atoms in total. The Morgan fingerprint density at radius 1 is 0.903 bits per heavy atom. The maximum Gasteiger partial charge on any atom is 0.188 e. The molecule has 0 aromatic heterocycles. The molecule has 0 radical (unpaired) electrons. The topological polar surface area (TPSA) is 26.3 Å². The summed E-state index contributed by atoms with van der Waals surface area (Å²) in [5, 5.41) is 0. The van der Waals surface area contributed by atoms with Gasteiger partial charge in [0.1, 0.15) is 11.4 Å². The highest BCUT2D eigenvalue weighted by molar-refractivity contribution is 6.12. The van der Waals surface area contributed by atoms with Crippen LogP contribution in [0.2, 0.25) is 0 Å². The Morgan fingerprint density at radius 3 is 2.03 bits per heavy atom. The van der Waals surface area contributed by atoms with E-state index in [9.17, 15) is 4.79 Å². The summed E-state index contributed by atoms with van der Waals surface area (Å²) in [6.07, 6.45) is 13.8. The van der Waals surface area contributed by atoms with Gasteiger partial charge >= 0.3 is 0 Å². The molecule has 2 rings (SSSR count). The highest BCUT2D eigenvalue weighted by Gasteiger charge is 2.38. The largest absolute Gasteiger partial charge is 0.487 e. The zero-order valence-electron chi connectivity index (χ0n) is 21.5. The number of hydrogen-bond acceptors (Lipinski definition) is 2. The van der Waals surface area contributed by atoms with Crippen LogP contribution in [0.5, 0.6) is 0 Å². The maximum absolute atomic E-state index is 12.4. The van der Waals surface area contributed by atoms with E-state index in [1.54, 1.807) is 0 Å². The fourth-order valence-electron chi connectivity index (χ4n) is 5.17. The predicted octanol–water partition coefficient (Wildman–Crippen LogP) is 8.72. The second-order valence-electron chi connectivity index (χ2n) is 11.3. The van der Waals surface area contributed by atoms with Crippen molar-refractivity contribution in [1.82, 2.24) is 0 Å². The van der Waals surface area contributed by atoms with E-state index < -0.39 is 0 Å². The van der Waals surface area contributed by atoms with Gasteiger partial charge in [-0.25, -0.2) is 0 Å². The van der Waals surface area contributed by atoms with Gasteiger partial charge in [-0.1, -0.05) is 79.2 Å². The van der Waals surface area contributed by atoms with Crippen LogP contribution in [-0.4, -0.2) is 11.4 Å². The first kappa shape index (κ1) is 25.9. The molecular weight excluding hydrogens is 380 g/mol. The number of fused-ring (bicyclic) bond motifs is 1. The van der Waals surface area contributed by atoms with Gasteiger partial charge in [0.25, 0.3) is 0 Å². The van der Waals surface area contributed by atoms with Crippen LogP contribution < -0.4 is 0 Å². The summed E-state index contributed by atoms with van der Waals surface area (Å²) in [6, 6.07) is 0. The second-order valence-corrected chi connectivity index (χ2v) is 11.3. The molecule has 1 aliphatic heterocycles. The molecule has 0 unspecified atom stereocenters. The van der Waals surface area contributed by atoms with E-state index in [4.69, 9.17) is 4.74 Å². The normalized spacial score (nSPS) is 23.9. The van der Waals surface area contributed by atoms with Gasteiger partial charge in [-0.05, 0) is 64.2 Å². The minimum Gasteiger partial charge on any atom is -0.487 e. The first-order valence-corrected chi connectivity index (χ1v) is 12.9. The lowest BCUT2D eigenvalue weighted by Crippen LogP contribution is -2.35. The van der Waals surface area contributed by atoms with E-state index in [1.165, 1.54) is 51.4 Å². The van der Waals surface area contributed by atoms with E-state index in [-0.39, 0.29) is 11.4 Å². The highest BCUT2D eigenvalue weighted by Crippen LogP contribution is 2.44. The van der Waals surface area contributed by atoms with Gasteiger partial charge in [0, 0.05) is 22.3 Å². The number of Topliss-reactive ketones (excluding diaryl/α,β-unsaturated/α-hetero) is 1. The van der Waals surface area contributed by atoms with E-state index in [2.05, 4.69) is 41.2 Å². The maximum atomic E-state index is 12.4. The molecule has 0 spiro atoms. The molecule has 0 bridgehead atoms. The van der Waals surface area contributed by atoms with Gasteiger partial charge in [0.2, 0.25) is 0 Å². The Kier molecular flexibility index (Phi) is 9.65. The van der Waals surface area contributed by atoms with Crippen LogP contribution in [0, 0.1) is 17.8 Å². The third-order valence-corrected chi connectivity index (χ3v) is 7.66. The van der Waals surface area contributed by atoms with Crippen molar-refractivity contribution >= 4 is 5.78 Å². The summed E-state index contributed by atoms with van der Waals surface area (Å²) < 4.78 is 6.54. The number of allylic oxidation sites excluding steroid dienone is 4. The van der Waals surface area contributed by atoms with E-state index in [1.807, 2.05) is 13.8 Å². The van der Waals surface area contributed by atoms with Gasteiger partial charge in [0.05, 0.1) is 0 Å². The Labute approximate surface area is 192 Å². The molecule has 1 heterocycles. The van der Waals surface area contributed by atoms with Crippen LogP contribution in [0.3, 0.4) is 0 Å². The molecule has 1 fully saturated rings. The molecule has 0 saturated carbocycles. The lowest BCUT2D eigenvalue weighted by Gasteiger charge is -2.40. The first-order chi connectivity index (χ1) is 14.5. The average molecular weight is 429 g/mol. The number of rotatable bonds is 12. The van der Waals surface area contributed by atoms with Gasteiger partial charge in [0.15, 0.2) is 5.78 Å². The van der Waals surface area contributed by atoms with Crippen LogP contribution in [0.1, 0.15) is 119 Å². The molecule has 0 amide bonds. The summed E-state index contributed by atoms with van der Waals surface area (Å²) in [5.41, 5.74) is 3.37. The van der Waals surface area contributed by atoms with Crippen molar-refractivity contribution in [1.29, 1.82) is 0 Å². The van der Waals surface area contributed by atoms with Crippen molar-refractivity contribution in [2.75, 3.05) is 0 Å². The van der Waals surface area contributed by atoms with Crippen molar-refractivity contribution < 1.29 is 9.53 Å². The zero-order valence-corrected chi connectivity index (χ0v) is 21.5. The first-order valence-electron chi connectivity index (χ1n) is 12.9. The van der Waals surface area contributed by atoms with Crippen molar-refractivity contribution in [2.24, 2.45) is 17.8 Å². The summed E-state index contributed by atoms with van der Waals surface area (Å²) in [4.78, 5) is 12.4. The van der Waals surface area contributed by atoms with Crippen molar-refractivity contribution in [3.8, 4) is 0 Å².